The highest BCUT2D eigenvalue weighted by Crippen LogP contribution is 2.31. The van der Waals surface area contributed by atoms with Crippen LogP contribution in [0.25, 0.3) is 0 Å². The van der Waals surface area contributed by atoms with E-state index in [1.165, 1.54) is 24.3 Å². The lowest BCUT2D eigenvalue weighted by Gasteiger charge is -2.08. The predicted molar refractivity (Wildman–Crippen MR) is 79.5 cm³/mol. The Kier molecular flexibility index (Phi) is 4.29. The number of nitrogens with two attached hydrogens (primary N) is 1. The molecule has 0 fully saturated rings. The van der Waals surface area contributed by atoms with Gasteiger partial charge in [0.05, 0.1) is 4.90 Å². The Morgan fingerprint density at radius 1 is 1.20 bits per heavy atom. The fourth-order valence-corrected chi connectivity index (χ4v) is 3.29. The van der Waals surface area contributed by atoms with Crippen molar-refractivity contribution in [3.63, 3.8) is 0 Å². The van der Waals surface area contributed by atoms with Crippen LogP contribution in [0.15, 0.2) is 45.4 Å². The van der Waals surface area contributed by atoms with Gasteiger partial charge < -0.3 is 5.73 Å². The molecule has 0 bridgehead atoms. The minimum Gasteiger partial charge on any atom is -0.383 e. The fourth-order valence-electron chi connectivity index (χ4n) is 1.70. The lowest BCUT2D eigenvalue weighted by Crippen LogP contribution is -2.00. The number of nitrogens with zero attached hydrogens (tertiary/aromatic N) is 2. The van der Waals surface area contributed by atoms with Crippen molar-refractivity contribution in [1.82, 2.24) is 9.97 Å². The molecule has 106 valence electrons. The molecule has 0 saturated heterocycles. The summed E-state index contributed by atoms with van der Waals surface area (Å²) in [7, 11) is -3.17. The Labute approximate surface area is 122 Å². The van der Waals surface area contributed by atoms with Crippen LogP contribution in [0, 0.1) is 0 Å². The molecule has 0 atom stereocenters. The molecule has 7 heteroatoms. The molecule has 1 heterocycles. The van der Waals surface area contributed by atoms with Crippen molar-refractivity contribution in [1.29, 1.82) is 0 Å². The highest BCUT2D eigenvalue weighted by molar-refractivity contribution is 7.99. The SMILES string of the molecule is CCc1c(N)ncnc1Sc1ccc(S(C)(=O)=O)cc1. The molecule has 1 aromatic carbocycles. The normalized spacial score (nSPS) is 11.5. The van der Waals surface area contributed by atoms with E-state index >= 15 is 0 Å². The standard InChI is InChI=1S/C13H15N3O2S2/c1-3-11-12(14)15-8-16-13(11)19-9-4-6-10(7-5-9)20(2,17)18/h4-8H,3H2,1-2H3,(H2,14,15,16). The molecule has 20 heavy (non-hydrogen) atoms. The van der Waals surface area contributed by atoms with E-state index in [9.17, 15) is 8.42 Å². The van der Waals surface area contributed by atoms with Crippen LogP contribution in [0.4, 0.5) is 5.82 Å². The van der Waals surface area contributed by atoms with Crippen molar-refractivity contribution in [2.75, 3.05) is 12.0 Å². The van der Waals surface area contributed by atoms with Gasteiger partial charge in [0.1, 0.15) is 17.2 Å². The summed E-state index contributed by atoms with van der Waals surface area (Å²) in [6.45, 7) is 1.99. The van der Waals surface area contributed by atoms with Gasteiger partial charge >= 0.3 is 0 Å². The van der Waals surface area contributed by atoms with Gasteiger partial charge in [-0.25, -0.2) is 18.4 Å². The maximum absolute atomic E-state index is 11.4. The molecule has 1 aromatic heterocycles. The van der Waals surface area contributed by atoms with Crippen molar-refractivity contribution < 1.29 is 8.42 Å². The number of sulfone groups is 1. The van der Waals surface area contributed by atoms with E-state index in [1.807, 2.05) is 6.92 Å². The second-order valence-corrected chi connectivity index (χ2v) is 7.32. The maximum atomic E-state index is 11.4. The summed E-state index contributed by atoms with van der Waals surface area (Å²) in [6, 6.07) is 6.71. The van der Waals surface area contributed by atoms with Crippen LogP contribution in [0.3, 0.4) is 0 Å². The zero-order chi connectivity index (χ0) is 14.8. The molecule has 2 rings (SSSR count). The lowest BCUT2D eigenvalue weighted by molar-refractivity contribution is 0.602. The first kappa shape index (κ1) is 14.8. The van der Waals surface area contributed by atoms with Crippen molar-refractivity contribution in [2.24, 2.45) is 0 Å². The number of nitrogen functional groups attached to an aromatic ring is 1. The van der Waals surface area contributed by atoms with E-state index in [0.717, 1.165) is 21.9 Å². The molecule has 5 nitrogen and oxygen atoms in total. The average Bonchev–Trinajstić information content (AvgIpc) is 2.38. The van der Waals surface area contributed by atoms with Crippen molar-refractivity contribution >= 4 is 27.4 Å². The van der Waals surface area contributed by atoms with Gasteiger partial charge in [-0.05, 0) is 30.7 Å². The van der Waals surface area contributed by atoms with Crippen molar-refractivity contribution in [2.45, 2.75) is 28.2 Å². The molecule has 0 unspecified atom stereocenters. The minimum atomic E-state index is -3.17. The summed E-state index contributed by atoms with van der Waals surface area (Å²) in [5, 5.41) is 0.798. The third kappa shape index (κ3) is 3.29. The average molecular weight is 309 g/mol. The van der Waals surface area contributed by atoms with Crippen LogP contribution in [-0.4, -0.2) is 24.6 Å². The van der Waals surface area contributed by atoms with Crippen LogP contribution < -0.4 is 5.73 Å². The summed E-state index contributed by atoms with van der Waals surface area (Å²) in [4.78, 5) is 9.42. The summed E-state index contributed by atoms with van der Waals surface area (Å²) < 4.78 is 22.8. The van der Waals surface area contributed by atoms with E-state index in [0.29, 0.717) is 10.7 Å². The van der Waals surface area contributed by atoms with E-state index < -0.39 is 9.84 Å². The van der Waals surface area contributed by atoms with E-state index in [1.54, 1.807) is 24.3 Å². The van der Waals surface area contributed by atoms with E-state index in [4.69, 9.17) is 5.73 Å². The Morgan fingerprint density at radius 2 is 1.85 bits per heavy atom. The first-order valence-electron chi connectivity index (χ1n) is 5.99. The quantitative estimate of drug-likeness (QED) is 0.871. The molecule has 0 spiro atoms. The second kappa shape index (κ2) is 5.80. The van der Waals surface area contributed by atoms with Gasteiger partial charge in [0.25, 0.3) is 0 Å². The van der Waals surface area contributed by atoms with Gasteiger partial charge in [-0.2, -0.15) is 0 Å². The topological polar surface area (TPSA) is 85.9 Å². The molecular formula is C13H15N3O2S2. The number of aromatic nitrogens is 2. The summed E-state index contributed by atoms with van der Waals surface area (Å²) >= 11 is 1.45. The molecule has 0 aliphatic heterocycles. The Morgan fingerprint density at radius 3 is 2.40 bits per heavy atom. The zero-order valence-corrected chi connectivity index (χ0v) is 12.8. The Balaban J connectivity index is 2.29. The summed E-state index contributed by atoms with van der Waals surface area (Å²) in [5.74, 6) is 0.484. The molecule has 0 radical (unpaired) electrons. The number of hydrogen-bond acceptors (Lipinski definition) is 6. The van der Waals surface area contributed by atoms with Crippen molar-refractivity contribution in [3.05, 3.63) is 36.2 Å². The van der Waals surface area contributed by atoms with Gasteiger partial charge in [0.2, 0.25) is 0 Å². The Bertz CT molecular complexity index is 713. The molecule has 2 aromatic rings. The smallest absolute Gasteiger partial charge is 0.175 e. The van der Waals surface area contributed by atoms with Crippen LogP contribution in [-0.2, 0) is 16.3 Å². The monoisotopic (exact) mass is 309 g/mol. The Hall–Kier alpha value is -1.60. The third-order valence-electron chi connectivity index (χ3n) is 2.76. The number of hydrogen-bond donors (Lipinski definition) is 1. The second-order valence-electron chi connectivity index (χ2n) is 4.24. The first-order valence-corrected chi connectivity index (χ1v) is 8.70. The fraction of sp³-hybridized carbons (Fsp3) is 0.231. The zero-order valence-electron chi connectivity index (χ0n) is 11.2. The number of anilines is 1. The van der Waals surface area contributed by atoms with Crippen molar-refractivity contribution in [3.8, 4) is 0 Å². The van der Waals surface area contributed by atoms with Gasteiger partial charge in [-0.1, -0.05) is 18.7 Å². The summed E-state index contributed by atoms with van der Waals surface area (Å²) in [6.07, 6.45) is 3.37. The van der Waals surface area contributed by atoms with Gasteiger partial charge in [0, 0.05) is 16.7 Å². The van der Waals surface area contributed by atoms with Gasteiger partial charge in [0.15, 0.2) is 9.84 Å². The van der Waals surface area contributed by atoms with Crippen LogP contribution in [0.5, 0.6) is 0 Å². The molecule has 0 aliphatic rings. The van der Waals surface area contributed by atoms with Crippen LogP contribution >= 0.6 is 11.8 Å². The van der Waals surface area contributed by atoms with Gasteiger partial charge in [-0.15, -0.1) is 0 Å². The highest BCUT2D eigenvalue weighted by atomic mass is 32.2. The van der Waals surface area contributed by atoms with Gasteiger partial charge in [-0.3, -0.25) is 0 Å². The largest absolute Gasteiger partial charge is 0.383 e. The number of rotatable bonds is 4. The molecule has 2 N–H and O–H groups in total. The molecule has 0 amide bonds. The first-order chi connectivity index (χ1) is 9.41. The van der Waals surface area contributed by atoms with E-state index in [2.05, 4.69) is 9.97 Å². The number of benzene rings is 1. The predicted octanol–water partition coefficient (Wildman–Crippen LogP) is 2.18. The highest BCUT2D eigenvalue weighted by Gasteiger charge is 2.10. The van der Waals surface area contributed by atoms with Crippen LogP contribution in [0.2, 0.25) is 0 Å². The van der Waals surface area contributed by atoms with Crippen LogP contribution in [0.1, 0.15) is 12.5 Å². The molecule has 0 aliphatic carbocycles. The third-order valence-corrected chi connectivity index (χ3v) is 4.94. The van der Waals surface area contributed by atoms with E-state index in [-0.39, 0.29) is 0 Å². The minimum absolute atomic E-state index is 0.305. The molecule has 0 saturated carbocycles. The summed E-state index contributed by atoms with van der Waals surface area (Å²) in [5.41, 5.74) is 6.73. The molecular weight excluding hydrogens is 294 g/mol. The maximum Gasteiger partial charge on any atom is 0.175 e. The lowest BCUT2D eigenvalue weighted by atomic mass is 10.2.